The van der Waals surface area contributed by atoms with Crippen molar-refractivity contribution in [2.75, 3.05) is 0 Å². The number of rotatable bonds is 6. The van der Waals surface area contributed by atoms with E-state index in [9.17, 15) is 4.79 Å². The van der Waals surface area contributed by atoms with Crippen molar-refractivity contribution in [1.29, 1.82) is 0 Å². The molecule has 0 saturated carbocycles. The molecule has 0 aliphatic heterocycles. The van der Waals surface area contributed by atoms with E-state index in [0.717, 1.165) is 11.4 Å². The minimum Gasteiger partial charge on any atom is -0.491 e. The molecule has 0 atom stereocenters. The molecule has 6 nitrogen and oxygen atoms in total. The zero-order valence-corrected chi connectivity index (χ0v) is 14.3. The zero-order chi connectivity index (χ0) is 16.9. The summed E-state index contributed by atoms with van der Waals surface area (Å²) >= 11 is 1.60. The Bertz CT molecular complexity index is 794. The second-order valence-corrected chi connectivity index (χ2v) is 6.29. The van der Waals surface area contributed by atoms with Crippen molar-refractivity contribution in [3.8, 4) is 11.4 Å². The van der Waals surface area contributed by atoms with Crippen LogP contribution < -0.4 is 10.1 Å². The molecule has 124 valence electrons. The number of hydrogen-bond donors (Lipinski definition) is 1. The van der Waals surface area contributed by atoms with Gasteiger partial charge in [-0.15, -0.1) is 5.10 Å². The molecule has 3 aromatic rings. The highest BCUT2D eigenvalue weighted by Crippen LogP contribution is 2.14. The van der Waals surface area contributed by atoms with E-state index < -0.39 is 0 Å². The fraction of sp³-hybridized carbons (Fsp3) is 0.235. The van der Waals surface area contributed by atoms with Gasteiger partial charge in [0.25, 0.3) is 5.91 Å². The Hall–Kier alpha value is -2.67. The first kappa shape index (κ1) is 16.2. The SMILES string of the molecule is CC(C)Oc1ccc(C(=O)NCc2cn(-c3ccsc3)nn2)cc1. The van der Waals surface area contributed by atoms with E-state index in [1.165, 1.54) is 0 Å². The summed E-state index contributed by atoms with van der Waals surface area (Å²) in [6, 6.07) is 9.04. The number of carbonyl (C=O) groups is 1. The van der Waals surface area contributed by atoms with Crippen molar-refractivity contribution in [2.24, 2.45) is 0 Å². The summed E-state index contributed by atoms with van der Waals surface area (Å²) < 4.78 is 7.25. The van der Waals surface area contributed by atoms with Crippen LogP contribution in [0, 0.1) is 0 Å². The van der Waals surface area contributed by atoms with Crippen molar-refractivity contribution in [2.45, 2.75) is 26.5 Å². The standard InChI is InChI=1S/C17H18N4O2S/c1-12(2)23-16-5-3-13(4-6-16)17(22)18-9-14-10-21(20-19-14)15-7-8-24-11-15/h3-8,10-12H,9H2,1-2H3,(H,18,22). The first-order valence-corrected chi connectivity index (χ1v) is 8.55. The highest BCUT2D eigenvalue weighted by Gasteiger charge is 2.08. The fourth-order valence-corrected chi connectivity index (χ4v) is 2.75. The third-order valence-corrected chi connectivity index (χ3v) is 3.90. The zero-order valence-electron chi connectivity index (χ0n) is 13.5. The van der Waals surface area contributed by atoms with Gasteiger partial charge in [0.05, 0.1) is 24.5 Å². The molecule has 0 unspecified atom stereocenters. The number of nitrogens with one attached hydrogen (secondary N) is 1. The summed E-state index contributed by atoms with van der Waals surface area (Å²) in [6.07, 6.45) is 1.91. The summed E-state index contributed by atoms with van der Waals surface area (Å²) in [5.41, 5.74) is 2.25. The smallest absolute Gasteiger partial charge is 0.251 e. The average molecular weight is 342 g/mol. The number of ether oxygens (including phenoxy) is 1. The van der Waals surface area contributed by atoms with Gasteiger partial charge in [0, 0.05) is 10.9 Å². The Morgan fingerprint density at radius 3 is 2.75 bits per heavy atom. The highest BCUT2D eigenvalue weighted by atomic mass is 32.1. The summed E-state index contributed by atoms with van der Waals surface area (Å²) in [4.78, 5) is 12.2. The van der Waals surface area contributed by atoms with E-state index in [0.29, 0.717) is 17.8 Å². The molecule has 24 heavy (non-hydrogen) atoms. The summed E-state index contributed by atoms with van der Waals surface area (Å²) in [5.74, 6) is 0.594. The Balaban J connectivity index is 1.57. The lowest BCUT2D eigenvalue weighted by atomic mass is 10.2. The van der Waals surface area contributed by atoms with Crippen LogP contribution in [0.2, 0.25) is 0 Å². The number of thiophene rings is 1. The third kappa shape index (κ3) is 3.99. The van der Waals surface area contributed by atoms with Gasteiger partial charge in [-0.3, -0.25) is 4.79 Å². The summed E-state index contributed by atoms with van der Waals surface area (Å²) in [5, 5.41) is 14.9. The molecule has 0 radical (unpaired) electrons. The van der Waals surface area contributed by atoms with E-state index in [1.54, 1.807) is 40.3 Å². The van der Waals surface area contributed by atoms with Crippen LogP contribution >= 0.6 is 11.3 Å². The minimum atomic E-state index is -0.156. The van der Waals surface area contributed by atoms with Gasteiger partial charge in [-0.2, -0.15) is 11.3 Å². The maximum Gasteiger partial charge on any atom is 0.251 e. The van der Waals surface area contributed by atoms with Gasteiger partial charge in [-0.25, -0.2) is 4.68 Å². The lowest BCUT2D eigenvalue weighted by molar-refractivity contribution is 0.0950. The van der Waals surface area contributed by atoms with Gasteiger partial charge in [0.1, 0.15) is 11.4 Å². The van der Waals surface area contributed by atoms with Crippen LogP contribution in [0.3, 0.4) is 0 Å². The van der Waals surface area contributed by atoms with Crippen molar-refractivity contribution in [1.82, 2.24) is 20.3 Å². The topological polar surface area (TPSA) is 69.0 Å². The number of nitrogens with zero attached hydrogens (tertiary/aromatic N) is 3. The van der Waals surface area contributed by atoms with Crippen LogP contribution in [-0.4, -0.2) is 27.0 Å². The maximum atomic E-state index is 12.2. The fourth-order valence-electron chi connectivity index (χ4n) is 2.12. The van der Waals surface area contributed by atoms with Crippen LogP contribution in [0.15, 0.2) is 47.3 Å². The quantitative estimate of drug-likeness (QED) is 0.747. The van der Waals surface area contributed by atoms with Gasteiger partial charge >= 0.3 is 0 Å². The van der Waals surface area contributed by atoms with Crippen molar-refractivity contribution in [3.63, 3.8) is 0 Å². The number of benzene rings is 1. The number of carbonyl (C=O) groups excluding carboxylic acids is 1. The molecule has 0 fully saturated rings. The molecule has 0 bridgehead atoms. The molecule has 0 saturated heterocycles. The van der Waals surface area contributed by atoms with Crippen LogP contribution in [0.5, 0.6) is 5.75 Å². The maximum absolute atomic E-state index is 12.2. The second kappa shape index (κ2) is 7.27. The third-order valence-electron chi connectivity index (χ3n) is 3.23. The molecule has 1 aromatic carbocycles. The van der Waals surface area contributed by atoms with Gasteiger partial charge in [-0.1, -0.05) is 5.21 Å². The average Bonchev–Trinajstić information content (AvgIpc) is 3.24. The molecular weight excluding hydrogens is 324 g/mol. The Morgan fingerprint density at radius 1 is 1.29 bits per heavy atom. The lowest BCUT2D eigenvalue weighted by Crippen LogP contribution is -2.22. The van der Waals surface area contributed by atoms with Gasteiger partial charge in [0.15, 0.2) is 0 Å². The Morgan fingerprint density at radius 2 is 2.08 bits per heavy atom. The van der Waals surface area contributed by atoms with Crippen LogP contribution in [0.1, 0.15) is 29.9 Å². The molecule has 0 spiro atoms. The minimum absolute atomic E-state index is 0.107. The first-order valence-electron chi connectivity index (χ1n) is 7.60. The molecule has 0 aliphatic rings. The summed E-state index contributed by atoms with van der Waals surface area (Å²) in [7, 11) is 0. The number of aromatic nitrogens is 3. The molecular formula is C17H18N4O2S. The van der Waals surface area contributed by atoms with E-state index in [1.807, 2.05) is 36.9 Å². The Labute approximate surface area is 144 Å². The lowest BCUT2D eigenvalue weighted by Gasteiger charge is -2.10. The van der Waals surface area contributed by atoms with E-state index in [2.05, 4.69) is 15.6 Å². The molecule has 1 N–H and O–H groups in total. The largest absolute Gasteiger partial charge is 0.491 e. The number of amides is 1. The Kier molecular flexibility index (Phi) is 4.90. The summed E-state index contributed by atoms with van der Waals surface area (Å²) in [6.45, 7) is 4.25. The van der Waals surface area contributed by atoms with Crippen LogP contribution in [-0.2, 0) is 6.54 Å². The molecule has 0 aliphatic carbocycles. The normalized spacial score (nSPS) is 10.8. The predicted octanol–water partition coefficient (Wildman–Crippen LogP) is 3.05. The van der Waals surface area contributed by atoms with Crippen molar-refractivity contribution < 1.29 is 9.53 Å². The van der Waals surface area contributed by atoms with E-state index in [4.69, 9.17) is 4.74 Å². The van der Waals surface area contributed by atoms with Crippen LogP contribution in [0.4, 0.5) is 0 Å². The molecule has 1 amide bonds. The van der Waals surface area contributed by atoms with Gasteiger partial charge < -0.3 is 10.1 Å². The highest BCUT2D eigenvalue weighted by molar-refractivity contribution is 7.08. The monoisotopic (exact) mass is 342 g/mol. The van der Waals surface area contributed by atoms with E-state index in [-0.39, 0.29) is 12.0 Å². The van der Waals surface area contributed by atoms with Crippen molar-refractivity contribution >= 4 is 17.2 Å². The molecule has 7 heteroatoms. The van der Waals surface area contributed by atoms with Crippen molar-refractivity contribution in [3.05, 3.63) is 58.5 Å². The number of hydrogen-bond acceptors (Lipinski definition) is 5. The van der Waals surface area contributed by atoms with Gasteiger partial charge in [-0.05, 0) is 49.6 Å². The predicted molar refractivity (Wildman–Crippen MR) is 92.6 cm³/mol. The first-order chi connectivity index (χ1) is 11.6. The second-order valence-electron chi connectivity index (χ2n) is 5.51. The molecule has 2 aromatic heterocycles. The van der Waals surface area contributed by atoms with Crippen LogP contribution in [0.25, 0.3) is 5.69 Å². The van der Waals surface area contributed by atoms with Gasteiger partial charge in [0.2, 0.25) is 0 Å². The van der Waals surface area contributed by atoms with E-state index >= 15 is 0 Å². The molecule has 3 rings (SSSR count). The molecule has 2 heterocycles.